The van der Waals surface area contributed by atoms with Gasteiger partial charge in [-0.3, -0.25) is 4.79 Å². The molecule has 1 aromatic heterocycles. The van der Waals surface area contributed by atoms with Crippen molar-refractivity contribution in [3.63, 3.8) is 0 Å². The molecule has 0 aliphatic carbocycles. The highest BCUT2D eigenvalue weighted by Gasteiger charge is 2.11. The lowest BCUT2D eigenvalue weighted by Gasteiger charge is -2.02. The largest absolute Gasteiger partial charge is 0.456 e. The zero-order chi connectivity index (χ0) is 16.8. The molecule has 0 fully saturated rings. The first-order valence-corrected chi connectivity index (χ1v) is 7.80. The first-order chi connectivity index (χ1) is 11.7. The van der Waals surface area contributed by atoms with Gasteiger partial charge in [-0.05, 0) is 31.0 Å². The van der Waals surface area contributed by atoms with Gasteiger partial charge in [-0.15, -0.1) is 10.2 Å². The lowest BCUT2D eigenvalue weighted by Crippen LogP contribution is -2.06. The van der Waals surface area contributed by atoms with Crippen molar-refractivity contribution in [1.29, 1.82) is 0 Å². The predicted molar refractivity (Wildman–Crippen MR) is 89.0 cm³/mol. The van der Waals surface area contributed by atoms with Gasteiger partial charge in [0, 0.05) is 12.0 Å². The highest BCUT2D eigenvalue weighted by Crippen LogP contribution is 2.19. The van der Waals surface area contributed by atoms with Crippen LogP contribution in [-0.2, 0) is 22.6 Å². The SMILES string of the molecule is Cc1cccc(-c2nnc(COC(=O)CCc3ccccc3)o2)c1. The van der Waals surface area contributed by atoms with Crippen LogP contribution in [0.25, 0.3) is 11.5 Å². The molecule has 0 saturated heterocycles. The molecule has 3 rings (SSSR count). The Morgan fingerprint density at radius 2 is 1.92 bits per heavy atom. The van der Waals surface area contributed by atoms with Crippen molar-refractivity contribution in [3.8, 4) is 11.5 Å². The van der Waals surface area contributed by atoms with Crippen LogP contribution in [0.2, 0.25) is 0 Å². The molecule has 0 amide bonds. The normalized spacial score (nSPS) is 10.5. The van der Waals surface area contributed by atoms with Gasteiger partial charge in [-0.1, -0.05) is 48.0 Å². The van der Waals surface area contributed by atoms with Gasteiger partial charge >= 0.3 is 5.97 Å². The maximum Gasteiger partial charge on any atom is 0.306 e. The molecule has 1 heterocycles. The standard InChI is InChI=1S/C19H18N2O3/c1-14-6-5-9-16(12-14)19-21-20-17(24-19)13-23-18(22)11-10-15-7-3-2-4-8-15/h2-9,12H,10-11,13H2,1H3. The van der Waals surface area contributed by atoms with Crippen molar-refractivity contribution >= 4 is 5.97 Å². The average molecular weight is 322 g/mol. The Morgan fingerprint density at radius 1 is 1.08 bits per heavy atom. The van der Waals surface area contributed by atoms with Gasteiger partial charge in [-0.2, -0.15) is 0 Å². The molecule has 5 nitrogen and oxygen atoms in total. The van der Waals surface area contributed by atoms with E-state index in [1.54, 1.807) is 0 Å². The number of nitrogens with zero attached hydrogens (tertiary/aromatic N) is 2. The summed E-state index contributed by atoms with van der Waals surface area (Å²) < 4.78 is 10.7. The fourth-order valence-corrected chi connectivity index (χ4v) is 2.31. The molecule has 0 bridgehead atoms. The van der Waals surface area contributed by atoms with Crippen LogP contribution in [0.5, 0.6) is 0 Å². The van der Waals surface area contributed by atoms with Crippen molar-refractivity contribution in [2.45, 2.75) is 26.4 Å². The van der Waals surface area contributed by atoms with Crippen LogP contribution in [0.3, 0.4) is 0 Å². The molecule has 24 heavy (non-hydrogen) atoms. The maximum atomic E-state index is 11.8. The number of esters is 1. The fourth-order valence-electron chi connectivity index (χ4n) is 2.31. The zero-order valence-electron chi connectivity index (χ0n) is 13.4. The summed E-state index contributed by atoms with van der Waals surface area (Å²) >= 11 is 0. The maximum absolute atomic E-state index is 11.8. The van der Waals surface area contributed by atoms with E-state index >= 15 is 0 Å². The average Bonchev–Trinajstić information content (AvgIpc) is 3.08. The van der Waals surface area contributed by atoms with E-state index < -0.39 is 0 Å². The van der Waals surface area contributed by atoms with E-state index in [4.69, 9.17) is 9.15 Å². The van der Waals surface area contributed by atoms with Gasteiger partial charge in [0.05, 0.1) is 0 Å². The lowest BCUT2D eigenvalue weighted by atomic mass is 10.1. The van der Waals surface area contributed by atoms with Crippen molar-refractivity contribution in [3.05, 3.63) is 71.6 Å². The monoisotopic (exact) mass is 322 g/mol. The molecule has 0 aliphatic rings. The molecule has 0 unspecified atom stereocenters. The molecule has 0 atom stereocenters. The number of rotatable bonds is 6. The highest BCUT2D eigenvalue weighted by molar-refractivity contribution is 5.69. The van der Waals surface area contributed by atoms with Gasteiger partial charge in [0.25, 0.3) is 5.89 Å². The summed E-state index contributed by atoms with van der Waals surface area (Å²) in [5, 5.41) is 7.91. The van der Waals surface area contributed by atoms with Gasteiger partial charge in [0.1, 0.15) is 0 Å². The van der Waals surface area contributed by atoms with Crippen LogP contribution in [0.15, 0.2) is 59.0 Å². The number of aryl methyl sites for hydroxylation is 2. The third-order valence-corrected chi connectivity index (χ3v) is 3.55. The van der Waals surface area contributed by atoms with Gasteiger partial charge in [-0.25, -0.2) is 0 Å². The summed E-state index contributed by atoms with van der Waals surface area (Å²) in [6.45, 7) is 1.99. The number of carbonyl (C=O) groups is 1. The molecule has 122 valence electrons. The molecule has 0 spiro atoms. The number of carbonyl (C=O) groups excluding carboxylic acids is 1. The first kappa shape index (κ1) is 15.9. The quantitative estimate of drug-likeness (QED) is 0.647. The second-order valence-corrected chi connectivity index (χ2v) is 5.52. The molecule has 0 N–H and O–H groups in total. The number of hydrogen-bond acceptors (Lipinski definition) is 5. The second kappa shape index (κ2) is 7.55. The fraction of sp³-hybridized carbons (Fsp3) is 0.211. The Balaban J connectivity index is 1.51. The van der Waals surface area contributed by atoms with E-state index in [-0.39, 0.29) is 12.6 Å². The summed E-state index contributed by atoms with van der Waals surface area (Å²) in [5.74, 6) is 0.433. The van der Waals surface area contributed by atoms with Crippen LogP contribution in [0.1, 0.15) is 23.4 Å². The zero-order valence-corrected chi connectivity index (χ0v) is 13.4. The van der Waals surface area contributed by atoms with Crippen LogP contribution in [0.4, 0.5) is 0 Å². The third kappa shape index (κ3) is 4.29. The minimum absolute atomic E-state index is 0.00750. The van der Waals surface area contributed by atoms with Crippen molar-refractivity contribution < 1.29 is 13.9 Å². The number of benzene rings is 2. The summed E-state index contributed by atoms with van der Waals surface area (Å²) in [4.78, 5) is 11.8. The van der Waals surface area contributed by atoms with E-state index in [9.17, 15) is 4.79 Å². The molecular weight excluding hydrogens is 304 g/mol. The van der Waals surface area contributed by atoms with Crippen LogP contribution >= 0.6 is 0 Å². The molecule has 2 aromatic carbocycles. The van der Waals surface area contributed by atoms with Gasteiger partial charge in [0.2, 0.25) is 5.89 Å². The minimum atomic E-state index is -0.283. The third-order valence-electron chi connectivity index (χ3n) is 3.55. The summed E-state index contributed by atoms with van der Waals surface area (Å²) in [6.07, 6.45) is 0.973. The van der Waals surface area contributed by atoms with Crippen molar-refractivity contribution in [1.82, 2.24) is 10.2 Å². The van der Waals surface area contributed by atoms with Gasteiger partial charge in [0.15, 0.2) is 6.61 Å². The lowest BCUT2D eigenvalue weighted by molar-refractivity contribution is -0.145. The van der Waals surface area contributed by atoms with Crippen LogP contribution in [-0.4, -0.2) is 16.2 Å². The van der Waals surface area contributed by atoms with Crippen LogP contribution < -0.4 is 0 Å². The molecular formula is C19H18N2O3. The summed E-state index contributed by atoms with van der Waals surface area (Å²) in [5.41, 5.74) is 3.07. The van der Waals surface area contributed by atoms with Gasteiger partial charge < -0.3 is 9.15 Å². The number of aromatic nitrogens is 2. The van der Waals surface area contributed by atoms with Crippen LogP contribution in [0, 0.1) is 6.92 Å². The molecule has 0 aliphatic heterocycles. The Labute approximate surface area is 140 Å². The van der Waals surface area contributed by atoms with E-state index in [1.165, 1.54) is 0 Å². The minimum Gasteiger partial charge on any atom is -0.456 e. The topological polar surface area (TPSA) is 65.2 Å². The number of ether oxygens (including phenoxy) is 1. The predicted octanol–water partition coefficient (Wildman–Crippen LogP) is 3.72. The first-order valence-electron chi connectivity index (χ1n) is 7.80. The smallest absolute Gasteiger partial charge is 0.306 e. The van der Waals surface area contributed by atoms with Crippen molar-refractivity contribution in [2.24, 2.45) is 0 Å². The Hall–Kier alpha value is -2.95. The van der Waals surface area contributed by atoms with E-state index in [0.29, 0.717) is 24.6 Å². The Kier molecular flexibility index (Phi) is 5.01. The van der Waals surface area contributed by atoms with Crippen molar-refractivity contribution in [2.75, 3.05) is 0 Å². The molecule has 5 heteroatoms. The highest BCUT2D eigenvalue weighted by atomic mass is 16.5. The van der Waals surface area contributed by atoms with E-state index in [1.807, 2.05) is 61.5 Å². The van der Waals surface area contributed by atoms with E-state index in [2.05, 4.69) is 10.2 Å². The van der Waals surface area contributed by atoms with E-state index in [0.717, 1.165) is 16.7 Å². The summed E-state index contributed by atoms with van der Waals surface area (Å²) in [6, 6.07) is 17.6. The molecule has 0 radical (unpaired) electrons. The Bertz CT molecular complexity index is 812. The molecule has 3 aromatic rings. The Morgan fingerprint density at radius 3 is 2.71 bits per heavy atom. The summed E-state index contributed by atoms with van der Waals surface area (Å²) in [7, 11) is 0. The number of hydrogen-bond donors (Lipinski definition) is 0. The second-order valence-electron chi connectivity index (χ2n) is 5.52. The molecule has 0 saturated carbocycles.